The molecule has 16 heavy (non-hydrogen) atoms. The van der Waals surface area contributed by atoms with E-state index in [9.17, 15) is 4.79 Å². The predicted molar refractivity (Wildman–Crippen MR) is 67.2 cm³/mol. The van der Waals surface area contributed by atoms with Crippen molar-refractivity contribution in [3.05, 3.63) is 15.9 Å². The van der Waals surface area contributed by atoms with Crippen LogP contribution in [0.4, 0.5) is 0 Å². The highest BCUT2D eigenvalue weighted by atomic mass is 79.9. The van der Waals surface area contributed by atoms with Crippen molar-refractivity contribution in [2.45, 2.75) is 34.2 Å². The molecule has 0 bridgehead atoms. The second-order valence-corrected chi connectivity index (χ2v) is 4.76. The van der Waals surface area contributed by atoms with E-state index in [1.807, 2.05) is 32.4 Å². The molecule has 90 valence electrons. The van der Waals surface area contributed by atoms with Crippen LogP contribution >= 0.6 is 15.9 Å². The van der Waals surface area contributed by atoms with Crippen molar-refractivity contribution in [3.8, 4) is 0 Å². The van der Waals surface area contributed by atoms with Crippen molar-refractivity contribution in [1.82, 2.24) is 15.1 Å². The van der Waals surface area contributed by atoms with Gasteiger partial charge in [-0.2, -0.15) is 5.10 Å². The average molecular weight is 288 g/mol. The molecule has 1 aromatic heterocycles. The normalized spacial score (nSPS) is 12.6. The molecule has 0 saturated carbocycles. The van der Waals surface area contributed by atoms with E-state index in [-0.39, 0.29) is 11.8 Å². The highest BCUT2D eigenvalue weighted by Crippen LogP contribution is 2.20. The second-order valence-electron chi connectivity index (χ2n) is 3.96. The Bertz CT molecular complexity index is 387. The van der Waals surface area contributed by atoms with Crippen LogP contribution in [0.15, 0.2) is 4.47 Å². The van der Waals surface area contributed by atoms with Crippen LogP contribution in [0.2, 0.25) is 0 Å². The van der Waals surface area contributed by atoms with Gasteiger partial charge in [-0.15, -0.1) is 0 Å². The first-order chi connectivity index (χ1) is 7.47. The lowest BCUT2D eigenvalue weighted by Crippen LogP contribution is -2.31. The molecule has 0 aliphatic heterocycles. The summed E-state index contributed by atoms with van der Waals surface area (Å²) in [6, 6.07) is 0. The van der Waals surface area contributed by atoms with E-state index in [0.29, 0.717) is 13.1 Å². The van der Waals surface area contributed by atoms with E-state index in [2.05, 4.69) is 26.3 Å². The van der Waals surface area contributed by atoms with Gasteiger partial charge in [-0.25, -0.2) is 0 Å². The van der Waals surface area contributed by atoms with E-state index >= 15 is 0 Å². The summed E-state index contributed by atoms with van der Waals surface area (Å²) in [6.45, 7) is 9.06. The topological polar surface area (TPSA) is 46.9 Å². The molecular formula is C11H18BrN3O. The predicted octanol–water partition coefficient (Wildman–Crippen LogP) is 2.03. The summed E-state index contributed by atoms with van der Waals surface area (Å²) in [5.41, 5.74) is 2.02. The zero-order valence-corrected chi connectivity index (χ0v) is 11.8. The molecule has 1 atom stereocenters. The number of rotatable bonds is 4. The van der Waals surface area contributed by atoms with Crippen LogP contribution in [-0.4, -0.2) is 22.2 Å². The number of nitrogens with one attached hydrogen (secondary N) is 1. The van der Waals surface area contributed by atoms with E-state index < -0.39 is 0 Å². The maximum Gasteiger partial charge on any atom is 0.224 e. The number of aromatic nitrogens is 2. The summed E-state index contributed by atoms with van der Waals surface area (Å²) in [5.74, 6) is 0.0102. The zero-order chi connectivity index (χ0) is 12.3. The van der Waals surface area contributed by atoms with Gasteiger partial charge in [-0.1, -0.05) is 6.92 Å². The minimum atomic E-state index is -0.0650. The molecule has 0 radical (unpaired) electrons. The molecule has 1 unspecified atom stereocenters. The van der Waals surface area contributed by atoms with Crippen LogP contribution in [0, 0.1) is 19.8 Å². The Morgan fingerprint density at radius 3 is 2.62 bits per heavy atom. The number of aryl methyl sites for hydroxylation is 1. The van der Waals surface area contributed by atoms with Crippen molar-refractivity contribution in [1.29, 1.82) is 0 Å². The summed E-state index contributed by atoms with van der Waals surface area (Å²) < 4.78 is 2.90. The smallest absolute Gasteiger partial charge is 0.224 e. The SMILES string of the molecule is CCNC(=O)C(C)Cn1nc(C)c(Br)c1C. The molecule has 1 N–H and O–H groups in total. The van der Waals surface area contributed by atoms with Crippen LogP contribution in [0.3, 0.4) is 0 Å². The van der Waals surface area contributed by atoms with Gasteiger partial charge in [0.05, 0.1) is 22.6 Å². The average Bonchev–Trinajstić information content (AvgIpc) is 2.47. The molecule has 0 spiro atoms. The lowest BCUT2D eigenvalue weighted by atomic mass is 10.1. The number of carbonyl (C=O) groups is 1. The number of hydrogen-bond acceptors (Lipinski definition) is 2. The second kappa shape index (κ2) is 5.48. The van der Waals surface area contributed by atoms with Gasteiger partial charge >= 0.3 is 0 Å². The molecule has 0 aromatic carbocycles. The maximum atomic E-state index is 11.6. The van der Waals surface area contributed by atoms with Crippen molar-refractivity contribution >= 4 is 21.8 Å². The van der Waals surface area contributed by atoms with Gasteiger partial charge in [0, 0.05) is 12.2 Å². The third kappa shape index (κ3) is 2.84. The highest BCUT2D eigenvalue weighted by molar-refractivity contribution is 9.10. The number of halogens is 1. The fraction of sp³-hybridized carbons (Fsp3) is 0.636. The quantitative estimate of drug-likeness (QED) is 0.921. The molecule has 1 rings (SSSR count). The number of carbonyl (C=O) groups excluding carboxylic acids is 1. The van der Waals surface area contributed by atoms with Gasteiger partial charge in [-0.05, 0) is 36.7 Å². The minimum absolute atomic E-state index is 0.0650. The number of hydrogen-bond donors (Lipinski definition) is 1. The Hall–Kier alpha value is -0.840. The summed E-state index contributed by atoms with van der Waals surface area (Å²) in [7, 11) is 0. The highest BCUT2D eigenvalue weighted by Gasteiger charge is 2.16. The molecule has 1 heterocycles. The lowest BCUT2D eigenvalue weighted by Gasteiger charge is -2.12. The lowest BCUT2D eigenvalue weighted by molar-refractivity contribution is -0.124. The van der Waals surface area contributed by atoms with Gasteiger partial charge < -0.3 is 5.32 Å². The Labute approximate surface area is 105 Å². The van der Waals surface area contributed by atoms with Crippen molar-refractivity contribution in [2.75, 3.05) is 6.54 Å². The van der Waals surface area contributed by atoms with Crippen LogP contribution in [0.25, 0.3) is 0 Å². The Balaban J connectivity index is 2.73. The summed E-state index contributed by atoms with van der Waals surface area (Å²) in [5, 5.41) is 7.20. The molecule has 0 fully saturated rings. The first-order valence-electron chi connectivity index (χ1n) is 5.44. The van der Waals surface area contributed by atoms with Crippen LogP contribution in [0.1, 0.15) is 25.2 Å². The first-order valence-corrected chi connectivity index (χ1v) is 6.23. The van der Waals surface area contributed by atoms with Gasteiger partial charge in [0.2, 0.25) is 5.91 Å². The van der Waals surface area contributed by atoms with E-state index in [1.54, 1.807) is 0 Å². The molecule has 0 aliphatic carbocycles. The largest absolute Gasteiger partial charge is 0.356 e. The number of nitrogens with zero attached hydrogens (tertiary/aromatic N) is 2. The Kier molecular flexibility index (Phi) is 4.53. The zero-order valence-electron chi connectivity index (χ0n) is 10.2. The molecule has 1 aromatic rings. The Morgan fingerprint density at radius 1 is 1.56 bits per heavy atom. The summed E-state index contributed by atoms with van der Waals surface area (Å²) in [4.78, 5) is 11.6. The van der Waals surface area contributed by atoms with E-state index in [1.165, 1.54) is 0 Å². The molecular weight excluding hydrogens is 270 g/mol. The fourth-order valence-electron chi connectivity index (χ4n) is 1.54. The van der Waals surface area contributed by atoms with Crippen LogP contribution < -0.4 is 5.32 Å². The van der Waals surface area contributed by atoms with Crippen LogP contribution in [0.5, 0.6) is 0 Å². The van der Waals surface area contributed by atoms with E-state index in [4.69, 9.17) is 0 Å². The van der Waals surface area contributed by atoms with Crippen molar-refractivity contribution in [2.24, 2.45) is 5.92 Å². The van der Waals surface area contributed by atoms with Gasteiger partial charge in [0.1, 0.15) is 0 Å². The molecule has 5 heteroatoms. The van der Waals surface area contributed by atoms with E-state index in [0.717, 1.165) is 15.9 Å². The fourth-order valence-corrected chi connectivity index (χ4v) is 1.83. The third-order valence-electron chi connectivity index (χ3n) is 2.54. The van der Waals surface area contributed by atoms with Gasteiger partial charge in [0.15, 0.2) is 0 Å². The molecule has 0 aliphatic rings. The summed E-state index contributed by atoms with van der Waals surface area (Å²) >= 11 is 3.47. The van der Waals surface area contributed by atoms with Crippen molar-refractivity contribution < 1.29 is 4.79 Å². The first kappa shape index (κ1) is 13.2. The Morgan fingerprint density at radius 2 is 2.19 bits per heavy atom. The summed E-state index contributed by atoms with van der Waals surface area (Å²) in [6.07, 6.45) is 0. The monoisotopic (exact) mass is 287 g/mol. The number of amides is 1. The standard InChI is InChI=1S/C11H18BrN3O/c1-5-13-11(16)7(2)6-15-9(4)10(12)8(3)14-15/h7H,5-6H2,1-4H3,(H,13,16). The minimum Gasteiger partial charge on any atom is -0.356 e. The molecule has 1 amide bonds. The van der Waals surface area contributed by atoms with Crippen molar-refractivity contribution in [3.63, 3.8) is 0 Å². The van der Waals surface area contributed by atoms with Gasteiger partial charge in [-0.3, -0.25) is 9.48 Å². The van der Waals surface area contributed by atoms with Gasteiger partial charge in [0.25, 0.3) is 0 Å². The third-order valence-corrected chi connectivity index (χ3v) is 3.69. The molecule has 4 nitrogen and oxygen atoms in total. The molecule has 0 saturated heterocycles. The van der Waals surface area contributed by atoms with Crippen LogP contribution in [-0.2, 0) is 11.3 Å². The maximum absolute atomic E-state index is 11.6.